The number of carbonyl (C=O) groups excluding carboxylic acids is 1. The predicted molar refractivity (Wildman–Crippen MR) is 121 cm³/mol. The first-order valence-corrected chi connectivity index (χ1v) is 11.1. The minimum Gasteiger partial charge on any atom is -0.463 e. The Morgan fingerprint density at radius 2 is 1.97 bits per heavy atom. The Kier molecular flexibility index (Phi) is 6.56. The van der Waals surface area contributed by atoms with E-state index in [1.807, 2.05) is 30.3 Å². The van der Waals surface area contributed by atoms with Crippen molar-refractivity contribution < 1.29 is 18.7 Å². The van der Waals surface area contributed by atoms with Crippen molar-refractivity contribution >= 4 is 28.8 Å². The summed E-state index contributed by atoms with van der Waals surface area (Å²) in [6.45, 7) is 1.76. The average molecular weight is 463 g/mol. The van der Waals surface area contributed by atoms with Gasteiger partial charge in [-0.25, -0.2) is 14.2 Å². The highest BCUT2D eigenvalue weighted by Crippen LogP contribution is 2.41. The minimum atomic E-state index is -1.05. The Morgan fingerprint density at radius 1 is 1.24 bits per heavy atom. The number of nitrogens with two attached hydrogens (primary N) is 1. The van der Waals surface area contributed by atoms with Crippen LogP contribution in [0.1, 0.15) is 18.4 Å². The molecule has 7 nitrogen and oxygen atoms in total. The van der Waals surface area contributed by atoms with Crippen LogP contribution >= 0.6 is 11.8 Å². The lowest BCUT2D eigenvalue weighted by molar-refractivity contribution is -0.139. The third-order valence-corrected chi connectivity index (χ3v) is 5.88. The number of rotatable bonds is 6. The Labute approximate surface area is 193 Å². The van der Waals surface area contributed by atoms with Crippen molar-refractivity contribution in [2.45, 2.75) is 17.9 Å². The number of allylic oxidation sites excluding steroid dienone is 1. The summed E-state index contributed by atoms with van der Waals surface area (Å²) in [7, 11) is 0. The molecule has 0 amide bonds. The van der Waals surface area contributed by atoms with Gasteiger partial charge in [-0.15, -0.1) is 0 Å². The second-order valence-corrected chi connectivity index (χ2v) is 7.98. The van der Waals surface area contributed by atoms with E-state index in [1.54, 1.807) is 19.2 Å². The number of benzene rings is 2. The zero-order valence-corrected chi connectivity index (χ0v) is 18.4. The molecule has 33 heavy (non-hydrogen) atoms. The average Bonchev–Trinajstić information content (AvgIpc) is 2.82. The van der Waals surface area contributed by atoms with E-state index in [0.717, 1.165) is 11.0 Å². The molecule has 2 N–H and O–H groups in total. The maximum Gasteiger partial charge on any atom is 0.338 e. The second kappa shape index (κ2) is 9.71. The number of hydrogen-bond donors (Lipinski definition) is 1. The lowest BCUT2D eigenvalue weighted by atomic mass is 9.83. The molecule has 0 bridgehead atoms. The van der Waals surface area contributed by atoms with Crippen molar-refractivity contribution in [2.24, 2.45) is 5.73 Å². The third kappa shape index (κ3) is 4.52. The molecule has 0 spiro atoms. The van der Waals surface area contributed by atoms with Gasteiger partial charge in [-0.1, -0.05) is 42.1 Å². The van der Waals surface area contributed by atoms with Crippen LogP contribution in [-0.4, -0.2) is 28.3 Å². The van der Waals surface area contributed by atoms with Gasteiger partial charge in [0.05, 0.1) is 41.1 Å². The SMILES string of the molecule is CCOC(=O)C1=C(CSc2cnc3ccccc3n2)OC(N)=C(C#N)C1c1ccccc1F. The molecule has 0 aliphatic carbocycles. The maximum absolute atomic E-state index is 14.7. The Morgan fingerprint density at radius 3 is 2.70 bits per heavy atom. The normalized spacial score (nSPS) is 15.8. The first-order valence-electron chi connectivity index (χ1n) is 10.1. The van der Waals surface area contributed by atoms with E-state index in [9.17, 15) is 14.4 Å². The summed E-state index contributed by atoms with van der Waals surface area (Å²) >= 11 is 1.27. The molecule has 0 saturated heterocycles. The quantitative estimate of drug-likeness (QED) is 0.429. The zero-order valence-electron chi connectivity index (χ0n) is 17.6. The van der Waals surface area contributed by atoms with Crippen LogP contribution in [-0.2, 0) is 14.3 Å². The molecule has 1 aliphatic heterocycles. The van der Waals surface area contributed by atoms with Crippen molar-refractivity contribution in [3.05, 3.63) is 88.9 Å². The number of nitriles is 1. The lowest BCUT2D eigenvalue weighted by Gasteiger charge is -2.28. The van der Waals surface area contributed by atoms with Gasteiger partial charge in [0, 0.05) is 5.56 Å². The van der Waals surface area contributed by atoms with Gasteiger partial charge in [0.15, 0.2) is 0 Å². The number of para-hydroxylation sites is 2. The van der Waals surface area contributed by atoms with Gasteiger partial charge in [-0.3, -0.25) is 4.98 Å². The summed E-state index contributed by atoms with van der Waals surface area (Å²) < 4.78 is 25.7. The van der Waals surface area contributed by atoms with Gasteiger partial charge < -0.3 is 15.2 Å². The summed E-state index contributed by atoms with van der Waals surface area (Å²) in [5, 5.41) is 10.3. The Bertz CT molecular complexity index is 1330. The summed E-state index contributed by atoms with van der Waals surface area (Å²) in [4.78, 5) is 21.9. The number of nitrogens with zero attached hydrogens (tertiary/aromatic N) is 3. The molecular weight excluding hydrogens is 443 g/mol. The molecule has 1 atom stereocenters. The molecule has 1 unspecified atom stereocenters. The number of aromatic nitrogens is 2. The zero-order chi connectivity index (χ0) is 23.4. The van der Waals surface area contributed by atoms with Gasteiger partial charge in [-0.2, -0.15) is 5.26 Å². The van der Waals surface area contributed by atoms with Crippen LogP contribution in [0.4, 0.5) is 4.39 Å². The van der Waals surface area contributed by atoms with Gasteiger partial charge in [0.25, 0.3) is 0 Å². The number of ether oxygens (including phenoxy) is 2. The molecular formula is C24H19FN4O3S. The van der Waals surface area contributed by atoms with E-state index in [2.05, 4.69) is 9.97 Å². The van der Waals surface area contributed by atoms with Gasteiger partial charge in [-0.05, 0) is 25.1 Å². The molecule has 2 heterocycles. The number of halogens is 1. The van der Waals surface area contributed by atoms with E-state index in [-0.39, 0.29) is 40.7 Å². The molecule has 0 saturated carbocycles. The summed E-state index contributed by atoms with van der Waals surface area (Å²) in [6.07, 6.45) is 1.62. The lowest BCUT2D eigenvalue weighted by Crippen LogP contribution is -2.27. The van der Waals surface area contributed by atoms with Crippen molar-refractivity contribution in [1.29, 1.82) is 5.26 Å². The maximum atomic E-state index is 14.7. The molecule has 0 radical (unpaired) electrons. The smallest absolute Gasteiger partial charge is 0.338 e. The van der Waals surface area contributed by atoms with E-state index >= 15 is 0 Å². The standard InChI is InChI=1S/C24H19FN4O3S/c1-2-31-24(30)22-19(13-33-20-12-28-17-9-5-6-10-18(17)29-20)32-23(27)15(11-26)21(22)14-7-3-4-8-16(14)25/h3-10,12,21H,2,13,27H2,1H3. The highest BCUT2D eigenvalue weighted by Gasteiger charge is 2.38. The Balaban J connectivity index is 1.76. The molecule has 3 aromatic rings. The van der Waals surface area contributed by atoms with E-state index < -0.39 is 17.7 Å². The first kappa shape index (κ1) is 22.3. The summed E-state index contributed by atoms with van der Waals surface area (Å²) in [6, 6.07) is 15.3. The molecule has 166 valence electrons. The predicted octanol–water partition coefficient (Wildman–Crippen LogP) is 4.19. The van der Waals surface area contributed by atoms with Gasteiger partial charge in [0.2, 0.25) is 5.88 Å². The fraction of sp³-hybridized carbons (Fsp3) is 0.167. The van der Waals surface area contributed by atoms with Crippen molar-refractivity contribution in [3.8, 4) is 6.07 Å². The third-order valence-electron chi connectivity index (χ3n) is 4.99. The van der Waals surface area contributed by atoms with Crippen LogP contribution in [0.25, 0.3) is 11.0 Å². The van der Waals surface area contributed by atoms with Crippen molar-refractivity contribution in [1.82, 2.24) is 9.97 Å². The van der Waals surface area contributed by atoms with Crippen LogP contribution in [0.5, 0.6) is 0 Å². The highest BCUT2D eigenvalue weighted by atomic mass is 32.2. The van der Waals surface area contributed by atoms with E-state index in [0.29, 0.717) is 5.03 Å². The Hall–Kier alpha value is -3.90. The summed E-state index contributed by atoms with van der Waals surface area (Å²) in [5.74, 6) is -2.18. The van der Waals surface area contributed by atoms with E-state index in [1.165, 1.54) is 30.0 Å². The minimum absolute atomic E-state index is 0.0361. The molecule has 0 fully saturated rings. The number of carbonyl (C=O) groups is 1. The number of thioether (sulfide) groups is 1. The number of fused-ring (bicyclic) bond motifs is 1. The monoisotopic (exact) mass is 462 g/mol. The number of esters is 1. The van der Waals surface area contributed by atoms with Gasteiger partial charge in [0.1, 0.15) is 28.2 Å². The molecule has 1 aliphatic rings. The number of hydrogen-bond acceptors (Lipinski definition) is 8. The molecule has 4 rings (SSSR count). The van der Waals surface area contributed by atoms with Crippen LogP contribution in [0.2, 0.25) is 0 Å². The van der Waals surface area contributed by atoms with Crippen molar-refractivity contribution in [3.63, 3.8) is 0 Å². The largest absolute Gasteiger partial charge is 0.463 e. The molecule has 1 aromatic heterocycles. The van der Waals surface area contributed by atoms with Gasteiger partial charge >= 0.3 is 5.97 Å². The van der Waals surface area contributed by atoms with Crippen LogP contribution in [0.15, 0.2) is 82.5 Å². The van der Waals surface area contributed by atoms with Crippen LogP contribution in [0, 0.1) is 17.1 Å². The molecule has 9 heteroatoms. The molecule has 2 aromatic carbocycles. The fourth-order valence-electron chi connectivity index (χ4n) is 3.53. The topological polar surface area (TPSA) is 111 Å². The van der Waals surface area contributed by atoms with E-state index in [4.69, 9.17) is 15.2 Å². The van der Waals surface area contributed by atoms with Crippen molar-refractivity contribution in [2.75, 3.05) is 12.4 Å². The first-order chi connectivity index (χ1) is 16.0. The summed E-state index contributed by atoms with van der Waals surface area (Å²) in [5.41, 5.74) is 7.63. The van der Waals surface area contributed by atoms with Crippen LogP contribution in [0.3, 0.4) is 0 Å². The second-order valence-electron chi connectivity index (χ2n) is 6.99. The highest BCUT2D eigenvalue weighted by molar-refractivity contribution is 7.99. The fourth-order valence-corrected chi connectivity index (χ4v) is 4.31. The van der Waals surface area contributed by atoms with Crippen LogP contribution < -0.4 is 5.73 Å².